The third-order valence-corrected chi connectivity index (χ3v) is 2.66. The van der Waals surface area contributed by atoms with Crippen LogP contribution in [0.3, 0.4) is 0 Å². The molecule has 0 atom stereocenters. The quantitative estimate of drug-likeness (QED) is 0.307. The van der Waals surface area contributed by atoms with Crippen LogP contribution in [0.5, 0.6) is 0 Å². The average Bonchev–Trinajstić information content (AvgIpc) is 1.76. The first-order valence-electron chi connectivity index (χ1n) is 3.17. The average molecular weight is 222 g/mol. The smallest absolute Gasteiger partial charge is 0.271 e. The van der Waals surface area contributed by atoms with Crippen molar-refractivity contribution in [3.63, 3.8) is 0 Å². The normalized spacial score (nSPS) is 13.3. The van der Waals surface area contributed by atoms with Crippen molar-refractivity contribution in [2.75, 3.05) is 6.61 Å². The molecule has 0 aliphatic carbocycles. The lowest BCUT2D eigenvalue weighted by Crippen LogP contribution is -2.16. The van der Waals surface area contributed by atoms with Crippen LogP contribution in [0.2, 0.25) is 12.6 Å². The molecule has 8 heteroatoms. The molecule has 0 radical (unpaired) electrons. The molecule has 0 aliphatic rings. The van der Waals surface area contributed by atoms with E-state index in [1.165, 1.54) is 0 Å². The molecule has 0 spiro atoms. The highest BCUT2D eigenvalue weighted by Gasteiger charge is 2.26. The second-order valence-electron chi connectivity index (χ2n) is 2.39. The van der Waals surface area contributed by atoms with Crippen molar-refractivity contribution >= 4 is 19.2 Å². The Hall–Kier alpha value is -0.0831. The fourth-order valence-electron chi connectivity index (χ4n) is 0.541. The molecule has 12 heavy (non-hydrogen) atoms. The molecule has 0 aromatic carbocycles. The number of hydrogen-bond acceptors (Lipinski definition) is 3. The summed E-state index contributed by atoms with van der Waals surface area (Å²) in [5.41, 5.74) is 0. The third-order valence-electron chi connectivity index (χ3n) is 0.984. The Morgan fingerprint density at radius 3 is 2.25 bits per heavy atom. The van der Waals surface area contributed by atoms with Crippen LogP contribution in [0.25, 0.3) is 0 Å². The second-order valence-corrected chi connectivity index (χ2v) is 6.05. The summed E-state index contributed by atoms with van der Waals surface area (Å²) in [4.78, 5) is 0. The van der Waals surface area contributed by atoms with E-state index in [1.54, 1.807) is 0 Å². The van der Waals surface area contributed by atoms with Crippen LogP contribution in [-0.2, 0) is 14.7 Å². The number of halogens is 3. The van der Waals surface area contributed by atoms with E-state index in [1.807, 2.05) is 0 Å². The molecule has 0 heterocycles. The van der Waals surface area contributed by atoms with Gasteiger partial charge in [0.25, 0.3) is 0 Å². The summed E-state index contributed by atoms with van der Waals surface area (Å²) in [7, 11) is -9.12. The summed E-state index contributed by atoms with van der Waals surface area (Å²) < 4.78 is 58.9. The lowest BCUT2D eigenvalue weighted by atomic mass is 10.5. The summed E-state index contributed by atoms with van der Waals surface area (Å²) in [6, 6.07) is -0.386. The van der Waals surface area contributed by atoms with E-state index in [-0.39, 0.29) is 12.5 Å². The van der Waals surface area contributed by atoms with Gasteiger partial charge in [-0.15, -0.1) is 0 Å². The first-order valence-corrected chi connectivity index (χ1v) is 6.95. The van der Waals surface area contributed by atoms with Gasteiger partial charge in [-0.25, -0.2) is 4.18 Å². The van der Waals surface area contributed by atoms with Crippen molar-refractivity contribution in [2.45, 2.75) is 19.0 Å². The summed E-state index contributed by atoms with van der Waals surface area (Å²) in [6.45, 7) is 0.312. The Kier molecular flexibility index (Phi) is 4.21. The van der Waals surface area contributed by atoms with Crippen molar-refractivity contribution in [1.82, 2.24) is 0 Å². The van der Waals surface area contributed by atoms with Crippen LogP contribution in [0, 0.1) is 0 Å². The van der Waals surface area contributed by atoms with Gasteiger partial charge in [-0.1, -0.05) is 3.89 Å². The van der Waals surface area contributed by atoms with E-state index >= 15 is 0 Å². The maximum atomic E-state index is 12.2. The van der Waals surface area contributed by atoms with Crippen molar-refractivity contribution in [1.29, 1.82) is 0 Å². The number of hydrogen-bond donors (Lipinski definition) is 0. The zero-order valence-electron chi connectivity index (χ0n) is 6.39. The van der Waals surface area contributed by atoms with Gasteiger partial charge in [-0.05, 0) is 13.0 Å². The SMILES string of the molecule is C[Si](F)(F)CCCOS(=O)(=O)F. The molecule has 0 aromatic rings. The Balaban J connectivity index is 3.48. The molecule has 3 nitrogen and oxygen atoms in total. The minimum absolute atomic E-state index is 0.140. The molecule has 0 fully saturated rings. The zero-order valence-corrected chi connectivity index (χ0v) is 8.20. The third kappa shape index (κ3) is 9.92. The maximum Gasteiger partial charge on any atom is 0.437 e. The van der Waals surface area contributed by atoms with Gasteiger partial charge in [0.15, 0.2) is 0 Å². The maximum absolute atomic E-state index is 12.2. The van der Waals surface area contributed by atoms with Gasteiger partial charge in [0.05, 0.1) is 6.61 Å². The Labute approximate surface area is 70.3 Å². The van der Waals surface area contributed by atoms with Crippen LogP contribution < -0.4 is 0 Å². The van der Waals surface area contributed by atoms with E-state index < -0.39 is 25.9 Å². The molecule has 0 amide bonds. The van der Waals surface area contributed by atoms with Crippen LogP contribution >= 0.6 is 0 Å². The minimum atomic E-state index is -4.97. The summed E-state index contributed by atoms with van der Waals surface area (Å²) in [5, 5.41) is 0. The van der Waals surface area contributed by atoms with Crippen LogP contribution in [0.15, 0.2) is 0 Å². The van der Waals surface area contributed by atoms with Crippen LogP contribution in [0.1, 0.15) is 6.42 Å². The molecule has 0 saturated carbocycles. The molecule has 0 N–H and O–H groups in total. The van der Waals surface area contributed by atoms with E-state index in [9.17, 15) is 20.5 Å². The van der Waals surface area contributed by atoms with Crippen molar-refractivity contribution in [3.05, 3.63) is 0 Å². The van der Waals surface area contributed by atoms with E-state index in [4.69, 9.17) is 0 Å². The Bertz CT molecular complexity index is 222. The first-order chi connectivity index (χ1) is 5.21. The first kappa shape index (κ1) is 11.9. The molecule has 0 saturated heterocycles. The van der Waals surface area contributed by atoms with Gasteiger partial charge >= 0.3 is 19.2 Å². The Morgan fingerprint density at radius 1 is 1.42 bits per heavy atom. The summed E-state index contributed by atoms with van der Waals surface area (Å²) in [6.07, 6.45) is -0.140. The molecular weight excluding hydrogens is 213 g/mol. The highest BCUT2D eigenvalue weighted by Crippen LogP contribution is 2.14. The largest absolute Gasteiger partial charge is 0.437 e. The van der Waals surface area contributed by atoms with Gasteiger partial charge in [-0.2, -0.15) is 8.42 Å². The van der Waals surface area contributed by atoms with Gasteiger partial charge in [0.2, 0.25) is 0 Å². The standard InChI is InChI=1S/C4H9F3O3SSi/c1-12(6,7)4-2-3-10-11(5,8)9/h2-4H2,1H3. The fourth-order valence-corrected chi connectivity index (χ4v) is 1.62. The fraction of sp³-hybridized carbons (Fsp3) is 1.00. The highest BCUT2D eigenvalue weighted by molar-refractivity contribution is 7.81. The van der Waals surface area contributed by atoms with Gasteiger partial charge in [0.1, 0.15) is 0 Å². The molecule has 0 aliphatic heterocycles. The van der Waals surface area contributed by atoms with Crippen molar-refractivity contribution in [3.8, 4) is 0 Å². The van der Waals surface area contributed by atoms with Crippen LogP contribution in [-0.4, -0.2) is 23.8 Å². The molecule has 0 bridgehead atoms. The molecular formula is C4H9F3O3SSi. The van der Waals surface area contributed by atoms with Crippen molar-refractivity contribution in [2.24, 2.45) is 0 Å². The lowest BCUT2D eigenvalue weighted by molar-refractivity contribution is 0.291. The van der Waals surface area contributed by atoms with Gasteiger partial charge < -0.3 is 0 Å². The lowest BCUT2D eigenvalue weighted by Gasteiger charge is -2.04. The topological polar surface area (TPSA) is 43.4 Å². The predicted octanol–water partition coefficient (Wildman–Crippen LogP) is 1.62. The van der Waals surface area contributed by atoms with Gasteiger partial charge in [0, 0.05) is 6.04 Å². The number of rotatable bonds is 5. The molecule has 0 rings (SSSR count). The predicted molar refractivity (Wildman–Crippen MR) is 39.2 cm³/mol. The summed E-state index contributed by atoms with van der Waals surface area (Å²) >= 11 is 0. The van der Waals surface area contributed by atoms with Crippen LogP contribution in [0.4, 0.5) is 12.1 Å². The minimum Gasteiger partial charge on any atom is -0.271 e. The second kappa shape index (κ2) is 4.24. The zero-order chi connectivity index (χ0) is 9.83. The molecule has 74 valence electrons. The van der Waals surface area contributed by atoms with E-state index in [0.717, 1.165) is 6.55 Å². The van der Waals surface area contributed by atoms with E-state index in [0.29, 0.717) is 0 Å². The van der Waals surface area contributed by atoms with Crippen molar-refractivity contribution < 1.29 is 24.7 Å². The monoisotopic (exact) mass is 222 g/mol. The molecule has 0 aromatic heterocycles. The highest BCUT2D eigenvalue weighted by atomic mass is 32.3. The summed E-state index contributed by atoms with van der Waals surface area (Å²) in [5.74, 6) is 0. The van der Waals surface area contributed by atoms with Gasteiger partial charge in [-0.3, -0.25) is 8.22 Å². The Morgan fingerprint density at radius 2 is 1.92 bits per heavy atom. The van der Waals surface area contributed by atoms with E-state index in [2.05, 4.69) is 4.18 Å². The molecule has 0 unspecified atom stereocenters.